The summed E-state index contributed by atoms with van der Waals surface area (Å²) in [6.45, 7) is 7.26. The van der Waals surface area contributed by atoms with Crippen LogP contribution in [0.2, 0.25) is 0 Å². The third-order valence-electron chi connectivity index (χ3n) is 2.73. The van der Waals surface area contributed by atoms with Crippen molar-refractivity contribution in [2.75, 3.05) is 19.6 Å². The fourth-order valence-corrected chi connectivity index (χ4v) is 1.90. The molecular weight excluding hydrogens is 224 g/mol. The van der Waals surface area contributed by atoms with E-state index in [2.05, 4.69) is 36.2 Å². The molecule has 0 heterocycles. The van der Waals surface area contributed by atoms with Gasteiger partial charge in [0.15, 0.2) is 0 Å². The zero-order chi connectivity index (χ0) is 13.2. The lowest BCUT2D eigenvalue weighted by molar-refractivity contribution is -0.122. The summed E-state index contributed by atoms with van der Waals surface area (Å²) in [4.78, 5) is 13.9. The van der Waals surface area contributed by atoms with Crippen molar-refractivity contribution in [3.05, 3.63) is 35.9 Å². The normalized spacial score (nSPS) is 10.6. The minimum atomic E-state index is 0.126. The van der Waals surface area contributed by atoms with Crippen molar-refractivity contribution in [1.82, 2.24) is 10.2 Å². The van der Waals surface area contributed by atoms with Gasteiger partial charge in [0.1, 0.15) is 0 Å². The Labute approximate surface area is 110 Å². The average Bonchev–Trinajstić information content (AvgIpc) is 2.38. The third kappa shape index (κ3) is 5.82. The van der Waals surface area contributed by atoms with Gasteiger partial charge < -0.3 is 5.32 Å². The number of nitrogens with one attached hydrogen (secondary N) is 1. The van der Waals surface area contributed by atoms with Crippen molar-refractivity contribution in [3.63, 3.8) is 0 Å². The summed E-state index contributed by atoms with van der Waals surface area (Å²) in [5, 5.41) is 2.93. The molecule has 1 amide bonds. The van der Waals surface area contributed by atoms with Crippen LogP contribution in [-0.4, -0.2) is 30.4 Å². The molecule has 0 aliphatic rings. The van der Waals surface area contributed by atoms with Crippen LogP contribution in [0.5, 0.6) is 0 Å². The molecule has 1 N–H and O–H groups in total. The monoisotopic (exact) mass is 248 g/mol. The second kappa shape index (κ2) is 8.70. The van der Waals surface area contributed by atoms with Crippen LogP contribution in [0.25, 0.3) is 0 Å². The molecule has 0 unspecified atom stereocenters. The molecule has 3 nitrogen and oxygen atoms in total. The van der Waals surface area contributed by atoms with Gasteiger partial charge in [-0.25, -0.2) is 0 Å². The highest BCUT2D eigenvalue weighted by molar-refractivity contribution is 5.77. The second-order valence-electron chi connectivity index (χ2n) is 4.55. The fraction of sp³-hybridized carbons (Fsp3) is 0.533. The van der Waals surface area contributed by atoms with Crippen molar-refractivity contribution in [3.8, 4) is 0 Å². The molecule has 0 aliphatic heterocycles. The van der Waals surface area contributed by atoms with E-state index in [0.717, 1.165) is 32.5 Å². The zero-order valence-electron chi connectivity index (χ0n) is 11.5. The molecule has 0 saturated heterocycles. The van der Waals surface area contributed by atoms with Gasteiger partial charge >= 0.3 is 0 Å². The smallest absolute Gasteiger partial charge is 0.234 e. The lowest BCUT2D eigenvalue weighted by atomic mass is 10.2. The maximum absolute atomic E-state index is 11.7. The molecule has 3 heteroatoms. The number of hydrogen-bond acceptors (Lipinski definition) is 2. The van der Waals surface area contributed by atoms with E-state index in [1.165, 1.54) is 5.56 Å². The Hall–Kier alpha value is -1.35. The SMILES string of the molecule is CCCNC(=O)CN(CCC)Cc1ccccc1. The average molecular weight is 248 g/mol. The molecule has 0 bridgehead atoms. The molecule has 100 valence electrons. The highest BCUT2D eigenvalue weighted by Gasteiger charge is 2.09. The van der Waals surface area contributed by atoms with E-state index in [1.54, 1.807) is 0 Å². The Kier molecular flexibility index (Phi) is 7.11. The first-order chi connectivity index (χ1) is 8.76. The van der Waals surface area contributed by atoms with Crippen molar-refractivity contribution in [2.45, 2.75) is 33.2 Å². The van der Waals surface area contributed by atoms with Gasteiger partial charge in [0.25, 0.3) is 0 Å². The molecular formula is C15H24N2O. The van der Waals surface area contributed by atoms with Crippen molar-refractivity contribution < 1.29 is 4.79 Å². The molecule has 0 radical (unpaired) electrons. The number of rotatable bonds is 8. The quantitative estimate of drug-likeness (QED) is 0.766. The number of nitrogens with zero attached hydrogens (tertiary/aromatic N) is 1. The Bertz CT molecular complexity index is 338. The topological polar surface area (TPSA) is 32.3 Å². The van der Waals surface area contributed by atoms with Crippen LogP contribution in [0.4, 0.5) is 0 Å². The third-order valence-corrected chi connectivity index (χ3v) is 2.73. The second-order valence-corrected chi connectivity index (χ2v) is 4.55. The van der Waals surface area contributed by atoms with Gasteiger partial charge in [0.05, 0.1) is 6.54 Å². The first kappa shape index (κ1) is 14.7. The molecule has 1 aromatic rings. The lowest BCUT2D eigenvalue weighted by Gasteiger charge is -2.21. The van der Waals surface area contributed by atoms with Crippen molar-refractivity contribution >= 4 is 5.91 Å². The standard InChI is InChI=1S/C15H24N2O/c1-3-10-16-15(18)13-17(11-4-2)12-14-8-6-5-7-9-14/h5-9H,3-4,10-13H2,1-2H3,(H,16,18). The van der Waals surface area contributed by atoms with Crippen LogP contribution in [-0.2, 0) is 11.3 Å². The zero-order valence-corrected chi connectivity index (χ0v) is 11.5. The first-order valence-corrected chi connectivity index (χ1v) is 6.79. The summed E-state index contributed by atoms with van der Waals surface area (Å²) in [5.41, 5.74) is 1.26. The Morgan fingerprint density at radius 2 is 1.89 bits per heavy atom. The van der Waals surface area contributed by atoms with Crippen LogP contribution < -0.4 is 5.32 Å². The van der Waals surface area contributed by atoms with E-state index >= 15 is 0 Å². The number of carbonyl (C=O) groups is 1. The Balaban J connectivity index is 2.46. The van der Waals surface area contributed by atoms with Gasteiger partial charge in [-0.1, -0.05) is 44.2 Å². The van der Waals surface area contributed by atoms with Crippen LogP contribution in [0, 0.1) is 0 Å². The van der Waals surface area contributed by atoms with Crippen LogP contribution in [0.3, 0.4) is 0 Å². The predicted octanol–water partition coefficient (Wildman–Crippen LogP) is 2.42. The highest BCUT2D eigenvalue weighted by atomic mass is 16.2. The number of carbonyl (C=O) groups excluding carboxylic acids is 1. The van der Waals surface area contributed by atoms with Gasteiger partial charge in [-0.05, 0) is 24.9 Å². The molecule has 0 aromatic heterocycles. The molecule has 0 fully saturated rings. The summed E-state index contributed by atoms with van der Waals surface area (Å²) < 4.78 is 0. The molecule has 0 saturated carbocycles. The minimum absolute atomic E-state index is 0.126. The summed E-state index contributed by atoms with van der Waals surface area (Å²) in [6.07, 6.45) is 2.05. The fourth-order valence-electron chi connectivity index (χ4n) is 1.90. The number of benzene rings is 1. The van der Waals surface area contributed by atoms with Crippen LogP contribution in [0.1, 0.15) is 32.3 Å². The number of hydrogen-bond donors (Lipinski definition) is 1. The molecule has 0 atom stereocenters. The van der Waals surface area contributed by atoms with Crippen LogP contribution >= 0.6 is 0 Å². The number of amides is 1. The van der Waals surface area contributed by atoms with Crippen LogP contribution in [0.15, 0.2) is 30.3 Å². The molecule has 1 rings (SSSR count). The summed E-state index contributed by atoms with van der Waals surface area (Å²) in [7, 11) is 0. The predicted molar refractivity (Wildman–Crippen MR) is 75.3 cm³/mol. The molecule has 18 heavy (non-hydrogen) atoms. The van der Waals surface area contributed by atoms with E-state index in [1.807, 2.05) is 18.2 Å². The van der Waals surface area contributed by atoms with E-state index in [9.17, 15) is 4.79 Å². The highest BCUT2D eigenvalue weighted by Crippen LogP contribution is 2.04. The Morgan fingerprint density at radius 3 is 2.50 bits per heavy atom. The van der Waals surface area contributed by atoms with Gasteiger partial charge in [-0.15, -0.1) is 0 Å². The van der Waals surface area contributed by atoms with Gasteiger partial charge in [0.2, 0.25) is 5.91 Å². The molecule has 0 spiro atoms. The van der Waals surface area contributed by atoms with E-state index in [0.29, 0.717) is 6.54 Å². The van der Waals surface area contributed by atoms with E-state index in [4.69, 9.17) is 0 Å². The van der Waals surface area contributed by atoms with Gasteiger partial charge in [-0.3, -0.25) is 9.69 Å². The summed E-state index contributed by atoms with van der Waals surface area (Å²) in [5.74, 6) is 0.126. The lowest BCUT2D eigenvalue weighted by Crippen LogP contribution is -2.37. The Morgan fingerprint density at radius 1 is 1.17 bits per heavy atom. The maximum atomic E-state index is 11.7. The van der Waals surface area contributed by atoms with Crippen molar-refractivity contribution in [2.24, 2.45) is 0 Å². The largest absolute Gasteiger partial charge is 0.355 e. The van der Waals surface area contributed by atoms with E-state index < -0.39 is 0 Å². The van der Waals surface area contributed by atoms with Gasteiger partial charge in [-0.2, -0.15) is 0 Å². The van der Waals surface area contributed by atoms with E-state index in [-0.39, 0.29) is 5.91 Å². The summed E-state index contributed by atoms with van der Waals surface area (Å²) in [6, 6.07) is 10.3. The minimum Gasteiger partial charge on any atom is -0.355 e. The molecule has 1 aromatic carbocycles. The maximum Gasteiger partial charge on any atom is 0.234 e. The van der Waals surface area contributed by atoms with Gasteiger partial charge in [0, 0.05) is 13.1 Å². The molecule has 0 aliphatic carbocycles. The van der Waals surface area contributed by atoms with Crippen molar-refractivity contribution in [1.29, 1.82) is 0 Å². The first-order valence-electron chi connectivity index (χ1n) is 6.79. The summed E-state index contributed by atoms with van der Waals surface area (Å²) >= 11 is 0.